The van der Waals surface area contributed by atoms with Crippen molar-refractivity contribution in [3.63, 3.8) is 0 Å². The maximum Gasteiger partial charge on any atom is 0.00824 e. The van der Waals surface area contributed by atoms with E-state index in [4.69, 9.17) is 5.73 Å². The van der Waals surface area contributed by atoms with Crippen LogP contribution in [0, 0.1) is 6.92 Å². The second-order valence-electron chi connectivity index (χ2n) is 4.97. The van der Waals surface area contributed by atoms with E-state index in [1.165, 1.54) is 16.7 Å². The molecule has 0 aliphatic carbocycles. The SMILES string of the molecule is Cc1ccc(CC(N)CCc2ccccc2)cc1. The fourth-order valence-corrected chi connectivity index (χ4v) is 2.13. The molecule has 0 radical (unpaired) electrons. The first-order valence-electron chi connectivity index (χ1n) is 6.59. The Morgan fingerprint density at radius 3 is 2.22 bits per heavy atom. The van der Waals surface area contributed by atoms with Gasteiger partial charge in [-0.25, -0.2) is 0 Å². The molecule has 1 atom stereocenters. The fourth-order valence-electron chi connectivity index (χ4n) is 2.13. The van der Waals surface area contributed by atoms with Crippen LogP contribution in [0.3, 0.4) is 0 Å². The Morgan fingerprint density at radius 2 is 1.56 bits per heavy atom. The summed E-state index contributed by atoms with van der Waals surface area (Å²) in [4.78, 5) is 0. The van der Waals surface area contributed by atoms with E-state index in [1.54, 1.807) is 0 Å². The summed E-state index contributed by atoms with van der Waals surface area (Å²) in [6.07, 6.45) is 3.07. The Balaban J connectivity index is 1.82. The van der Waals surface area contributed by atoms with Crippen LogP contribution in [0.5, 0.6) is 0 Å². The number of aryl methyl sites for hydroxylation is 2. The molecule has 0 aromatic heterocycles. The minimum atomic E-state index is 0.243. The number of rotatable bonds is 5. The maximum absolute atomic E-state index is 6.19. The molecule has 94 valence electrons. The van der Waals surface area contributed by atoms with Gasteiger partial charge in [0.1, 0.15) is 0 Å². The predicted octanol–water partition coefficient (Wildman–Crippen LogP) is 3.50. The van der Waals surface area contributed by atoms with Gasteiger partial charge in [0, 0.05) is 6.04 Å². The highest BCUT2D eigenvalue weighted by atomic mass is 14.6. The zero-order chi connectivity index (χ0) is 12.8. The summed E-state index contributed by atoms with van der Waals surface area (Å²) < 4.78 is 0. The lowest BCUT2D eigenvalue weighted by Crippen LogP contribution is -2.23. The molecule has 1 unspecified atom stereocenters. The van der Waals surface area contributed by atoms with E-state index in [2.05, 4.69) is 61.5 Å². The molecular weight excluding hydrogens is 218 g/mol. The maximum atomic E-state index is 6.19. The molecule has 18 heavy (non-hydrogen) atoms. The van der Waals surface area contributed by atoms with Crippen molar-refractivity contribution in [1.82, 2.24) is 0 Å². The van der Waals surface area contributed by atoms with Crippen LogP contribution in [0.15, 0.2) is 54.6 Å². The van der Waals surface area contributed by atoms with Gasteiger partial charge in [0.15, 0.2) is 0 Å². The molecule has 0 amide bonds. The van der Waals surface area contributed by atoms with E-state index in [9.17, 15) is 0 Å². The molecule has 0 bridgehead atoms. The fraction of sp³-hybridized carbons (Fsp3) is 0.294. The Kier molecular flexibility index (Phi) is 4.54. The smallest absolute Gasteiger partial charge is 0.00824 e. The topological polar surface area (TPSA) is 26.0 Å². The predicted molar refractivity (Wildman–Crippen MR) is 77.6 cm³/mol. The second-order valence-corrected chi connectivity index (χ2v) is 4.97. The van der Waals surface area contributed by atoms with Crippen molar-refractivity contribution in [2.75, 3.05) is 0 Å². The summed E-state index contributed by atoms with van der Waals surface area (Å²) in [5.41, 5.74) is 10.2. The highest BCUT2D eigenvalue weighted by Gasteiger charge is 2.04. The zero-order valence-electron chi connectivity index (χ0n) is 11.0. The van der Waals surface area contributed by atoms with Crippen LogP contribution in [0.2, 0.25) is 0 Å². The summed E-state index contributed by atoms with van der Waals surface area (Å²) in [5, 5.41) is 0. The average Bonchev–Trinajstić information content (AvgIpc) is 2.40. The van der Waals surface area contributed by atoms with Gasteiger partial charge in [-0.2, -0.15) is 0 Å². The van der Waals surface area contributed by atoms with Crippen molar-refractivity contribution >= 4 is 0 Å². The van der Waals surface area contributed by atoms with Crippen LogP contribution in [0.4, 0.5) is 0 Å². The van der Waals surface area contributed by atoms with Gasteiger partial charge in [-0.05, 0) is 37.3 Å². The molecule has 0 fully saturated rings. The van der Waals surface area contributed by atoms with Crippen molar-refractivity contribution < 1.29 is 0 Å². The number of nitrogens with two attached hydrogens (primary N) is 1. The van der Waals surface area contributed by atoms with E-state index in [0.29, 0.717) is 0 Å². The number of hydrogen-bond donors (Lipinski definition) is 1. The summed E-state index contributed by atoms with van der Waals surface area (Å²) >= 11 is 0. The second kappa shape index (κ2) is 6.36. The standard InChI is InChI=1S/C17H21N/c1-14-7-9-16(10-8-14)13-17(18)12-11-15-5-3-2-4-6-15/h2-10,17H,11-13,18H2,1H3. The monoisotopic (exact) mass is 239 g/mol. The first kappa shape index (κ1) is 12.8. The Labute approximate surface area is 110 Å². The minimum absolute atomic E-state index is 0.243. The number of hydrogen-bond acceptors (Lipinski definition) is 1. The largest absolute Gasteiger partial charge is 0.327 e. The molecule has 2 N–H and O–H groups in total. The molecule has 2 rings (SSSR count). The summed E-state index contributed by atoms with van der Waals surface area (Å²) in [7, 11) is 0. The summed E-state index contributed by atoms with van der Waals surface area (Å²) in [5.74, 6) is 0. The highest BCUT2D eigenvalue weighted by Crippen LogP contribution is 2.09. The Hall–Kier alpha value is -1.60. The molecule has 0 saturated carbocycles. The molecule has 0 aliphatic rings. The average molecular weight is 239 g/mol. The van der Waals surface area contributed by atoms with Crippen LogP contribution in [0.25, 0.3) is 0 Å². The van der Waals surface area contributed by atoms with Crippen molar-refractivity contribution in [3.05, 3.63) is 71.3 Å². The van der Waals surface area contributed by atoms with E-state index >= 15 is 0 Å². The van der Waals surface area contributed by atoms with Gasteiger partial charge in [-0.15, -0.1) is 0 Å². The van der Waals surface area contributed by atoms with Crippen LogP contribution in [-0.2, 0) is 12.8 Å². The molecular formula is C17H21N. The minimum Gasteiger partial charge on any atom is -0.327 e. The summed E-state index contributed by atoms with van der Waals surface area (Å²) in [6, 6.07) is 19.5. The van der Waals surface area contributed by atoms with Crippen molar-refractivity contribution in [2.24, 2.45) is 5.73 Å². The molecule has 0 spiro atoms. The first-order valence-corrected chi connectivity index (χ1v) is 6.59. The highest BCUT2D eigenvalue weighted by molar-refractivity contribution is 5.22. The Bertz CT molecular complexity index is 459. The molecule has 0 saturated heterocycles. The lowest BCUT2D eigenvalue weighted by atomic mass is 9.99. The van der Waals surface area contributed by atoms with Gasteiger partial charge in [0.25, 0.3) is 0 Å². The molecule has 2 aromatic rings. The number of benzene rings is 2. The summed E-state index contributed by atoms with van der Waals surface area (Å²) in [6.45, 7) is 2.11. The van der Waals surface area contributed by atoms with Crippen molar-refractivity contribution in [3.8, 4) is 0 Å². The third kappa shape index (κ3) is 4.01. The van der Waals surface area contributed by atoms with Gasteiger partial charge < -0.3 is 5.73 Å². The van der Waals surface area contributed by atoms with E-state index in [0.717, 1.165) is 19.3 Å². The normalized spacial score (nSPS) is 12.3. The van der Waals surface area contributed by atoms with Crippen LogP contribution in [-0.4, -0.2) is 6.04 Å². The van der Waals surface area contributed by atoms with Crippen molar-refractivity contribution in [1.29, 1.82) is 0 Å². The third-order valence-corrected chi connectivity index (χ3v) is 3.27. The van der Waals surface area contributed by atoms with Crippen LogP contribution in [0.1, 0.15) is 23.1 Å². The lowest BCUT2D eigenvalue weighted by Gasteiger charge is -2.11. The molecule has 2 aromatic carbocycles. The van der Waals surface area contributed by atoms with E-state index < -0.39 is 0 Å². The quantitative estimate of drug-likeness (QED) is 0.849. The third-order valence-electron chi connectivity index (χ3n) is 3.27. The molecule has 1 heteroatoms. The lowest BCUT2D eigenvalue weighted by molar-refractivity contribution is 0.610. The zero-order valence-corrected chi connectivity index (χ0v) is 11.0. The van der Waals surface area contributed by atoms with Crippen molar-refractivity contribution in [2.45, 2.75) is 32.2 Å². The van der Waals surface area contributed by atoms with Gasteiger partial charge in [-0.3, -0.25) is 0 Å². The van der Waals surface area contributed by atoms with Crippen LogP contribution < -0.4 is 5.73 Å². The van der Waals surface area contributed by atoms with Gasteiger partial charge in [0.2, 0.25) is 0 Å². The van der Waals surface area contributed by atoms with Gasteiger partial charge in [0.05, 0.1) is 0 Å². The van der Waals surface area contributed by atoms with E-state index in [-0.39, 0.29) is 6.04 Å². The Morgan fingerprint density at radius 1 is 0.889 bits per heavy atom. The van der Waals surface area contributed by atoms with Gasteiger partial charge in [-0.1, -0.05) is 60.2 Å². The van der Waals surface area contributed by atoms with Gasteiger partial charge >= 0.3 is 0 Å². The van der Waals surface area contributed by atoms with Crippen LogP contribution >= 0.6 is 0 Å². The molecule has 0 heterocycles. The van der Waals surface area contributed by atoms with E-state index in [1.807, 2.05) is 0 Å². The molecule has 1 nitrogen and oxygen atoms in total. The first-order chi connectivity index (χ1) is 8.74. The molecule has 0 aliphatic heterocycles.